The molecule has 2 fully saturated rings. The number of nitrogens with zero attached hydrogens (tertiary/aromatic N) is 1. The first-order valence-corrected chi connectivity index (χ1v) is 7.05. The molecule has 3 rings (SSSR count). The standard InChI is InChI=1S/C14H18N2O4/c17-13(15-20-10-4-1-5-10)11-6-2-8-16(11)14(18)12-7-3-9-19-12/h3,7,9-11H,1-2,4-6,8H2,(H,15,17). The summed E-state index contributed by atoms with van der Waals surface area (Å²) < 4.78 is 5.11. The van der Waals surface area contributed by atoms with Crippen LogP contribution in [0.15, 0.2) is 22.8 Å². The number of carbonyl (C=O) groups is 2. The molecule has 6 nitrogen and oxygen atoms in total. The first-order chi connectivity index (χ1) is 9.75. The largest absolute Gasteiger partial charge is 0.459 e. The molecule has 2 heterocycles. The van der Waals surface area contributed by atoms with Crippen LogP contribution < -0.4 is 5.48 Å². The maximum atomic E-state index is 12.2. The van der Waals surface area contributed by atoms with Crippen LogP contribution in [0.3, 0.4) is 0 Å². The second-order valence-electron chi connectivity index (χ2n) is 5.27. The van der Waals surface area contributed by atoms with E-state index in [1.54, 1.807) is 17.0 Å². The Bertz CT molecular complexity index is 481. The van der Waals surface area contributed by atoms with Crippen molar-refractivity contribution in [1.82, 2.24) is 10.4 Å². The molecule has 6 heteroatoms. The minimum absolute atomic E-state index is 0.134. The molecule has 1 saturated carbocycles. The second-order valence-corrected chi connectivity index (χ2v) is 5.27. The molecular weight excluding hydrogens is 260 g/mol. The van der Waals surface area contributed by atoms with Crippen molar-refractivity contribution in [2.45, 2.75) is 44.2 Å². The van der Waals surface area contributed by atoms with E-state index in [1.165, 1.54) is 6.26 Å². The van der Waals surface area contributed by atoms with Crippen molar-refractivity contribution >= 4 is 11.8 Å². The van der Waals surface area contributed by atoms with Gasteiger partial charge in [-0.15, -0.1) is 0 Å². The number of nitrogens with one attached hydrogen (secondary N) is 1. The number of carbonyl (C=O) groups excluding carboxylic acids is 2. The van der Waals surface area contributed by atoms with Gasteiger partial charge in [-0.2, -0.15) is 0 Å². The van der Waals surface area contributed by atoms with Crippen molar-refractivity contribution < 1.29 is 18.8 Å². The van der Waals surface area contributed by atoms with Crippen molar-refractivity contribution in [2.24, 2.45) is 0 Å². The molecule has 1 aromatic rings. The highest BCUT2D eigenvalue weighted by Gasteiger charge is 2.36. The fourth-order valence-electron chi connectivity index (χ4n) is 2.52. The van der Waals surface area contributed by atoms with Crippen LogP contribution in [-0.4, -0.2) is 35.4 Å². The molecule has 108 valence electrons. The average Bonchev–Trinajstić information content (AvgIpc) is 3.07. The second kappa shape index (κ2) is 5.66. The van der Waals surface area contributed by atoms with Crippen LogP contribution in [0.5, 0.6) is 0 Å². The van der Waals surface area contributed by atoms with Gasteiger partial charge in [0.15, 0.2) is 5.76 Å². The van der Waals surface area contributed by atoms with E-state index in [2.05, 4.69) is 5.48 Å². The maximum absolute atomic E-state index is 12.2. The zero-order valence-corrected chi connectivity index (χ0v) is 11.2. The van der Waals surface area contributed by atoms with Gasteiger partial charge < -0.3 is 9.32 Å². The predicted molar refractivity (Wildman–Crippen MR) is 69.6 cm³/mol. The smallest absolute Gasteiger partial charge is 0.290 e. The van der Waals surface area contributed by atoms with Crippen LogP contribution >= 0.6 is 0 Å². The van der Waals surface area contributed by atoms with E-state index < -0.39 is 6.04 Å². The molecule has 0 aromatic carbocycles. The Labute approximate surface area is 117 Å². The Balaban J connectivity index is 1.59. The Morgan fingerprint density at radius 1 is 1.30 bits per heavy atom. The molecule has 1 atom stereocenters. The highest BCUT2D eigenvalue weighted by Crippen LogP contribution is 2.23. The molecule has 2 amide bonds. The van der Waals surface area contributed by atoms with Crippen molar-refractivity contribution in [1.29, 1.82) is 0 Å². The minimum atomic E-state index is -0.465. The van der Waals surface area contributed by atoms with E-state index in [0.29, 0.717) is 13.0 Å². The molecule has 1 saturated heterocycles. The fourth-order valence-corrected chi connectivity index (χ4v) is 2.52. The summed E-state index contributed by atoms with van der Waals surface area (Å²) in [6.07, 6.45) is 6.18. The molecule has 0 radical (unpaired) electrons. The summed E-state index contributed by atoms with van der Waals surface area (Å²) in [7, 11) is 0. The molecule has 1 unspecified atom stereocenters. The molecule has 1 N–H and O–H groups in total. The van der Waals surface area contributed by atoms with Crippen molar-refractivity contribution in [3.05, 3.63) is 24.2 Å². The number of likely N-dealkylation sites (tertiary alicyclic amines) is 1. The summed E-state index contributed by atoms with van der Waals surface area (Å²) in [4.78, 5) is 31.2. The third-order valence-corrected chi connectivity index (χ3v) is 3.93. The van der Waals surface area contributed by atoms with Crippen LogP contribution in [0.4, 0.5) is 0 Å². The summed E-state index contributed by atoms with van der Waals surface area (Å²) >= 11 is 0. The van der Waals surface area contributed by atoms with Crippen LogP contribution in [0.1, 0.15) is 42.7 Å². The van der Waals surface area contributed by atoms with Gasteiger partial charge in [-0.25, -0.2) is 5.48 Å². The van der Waals surface area contributed by atoms with E-state index in [0.717, 1.165) is 25.7 Å². The van der Waals surface area contributed by atoms with E-state index in [1.807, 2.05) is 0 Å². The lowest BCUT2D eigenvalue weighted by Crippen LogP contribution is -2.47. The quantitative estimate of drug-likeness (QED) is 0.847. The van der Waals surface area contributed by atoms with Crippen LogP contribution in [0.2, 0.25) is 0 Å². The Hall–Kier alpha value is -1.82. The molecule has 1 aromatic heterocycles. The van der Waals surface area contributed by atoms with Gasteiger partial charge in [-0.3, -0.25) is 14.4 Å². The molecule has 1 aliphatic heterocycles. The Morgan fingerprint density at radius 2 is 2.15 bits per heavy atom. The number of hydrogen-bond donors (Lipinski definition) is 1. The highest BCUT2D eigenvalue weighted by molar-refractivity contribution is 5.95. The van der Waals surface area contributed by atoms with Gasteiger partial charge in [-0.05, 0) is 44.2 Å². The summed E-state index contributed by atoms with van der Waals surface area (Å²) in [6.45, 7) is 0.570. The molecule has 20 heavy (non-hydrogen) atoms. The Kier molecular flexibility index (Phi) is 3.73. The van der Waals surface area contributed by atoms with Gasteiger partial charge in [0.05, 0.1) is 12.4 Å². The van der Waals surface area contributed by atoms with Crippen LogP contribution in [0.25, 0.3) is 0 Å². The summed E-state index contributed by atoms with van der Waals surface area (Å²) in [5, 5.41) is 0. The van der Waals surface area contributed by atoms with Gasteiger partial charge in [-0.1, -0.05) is 0 Å². The number of furan rings is 1. The summed E-state index contributed by atoms with van der Waals surface area (Å²) in [6, 6.07) is 2.81. The third-order valence-electron chi connectivity index (χ3n) is 3.93. The third kappa shape index (κ3) is 2.56. The van der Waals surface area contributed by atoms with Crippen molar-refractivity contribution in [3.8, 4) is 0 Å². The molecule has 1 aliphatic carbocycles. The number of rotatable bonds is 4. The SMILES string of the molecule is O=C(NOC1CCC1)C1CCCN1C(=O)c1ccco1. The maximum Gasteiger partial charge on any atom is 0.290 e. The lowest BCUT2D eigenvalue weighted by atomic mass is 9.97. The van der Waals surface area contributed by atoms with Gasteiger partial charge in [0, 0.05) is 6.54 Å². The van der Waals surface area contributed by atoms with Crippen molar-refractivity contribution in [2.75, 3.05) is 6.54 Å². The monoisotopic (exact) mass is 278 g/mol. The van der Waals surface area contributed by atoms with E-state index >= 15 is 0 Å². The normalized spacial score (nSPS) is 22.6. The molecular formula is C14H18N2O4. The molecule has 2 aliphatic rings. The first kappa shape index (κ1) is 13.2. The lowest BCUT2D eigenvalue weighted by molar-refractivity contribution is -0.146. The van der Waals surface area contributed by atoms with Gasteiger partial charge in [0.2, 0.25) is 0 Å². The average molecular weight is 278 g/mol. The van der Waals surface area contributed by atoms with Gasteiger partial charge in [0.25, 0.3) is 11.8 Å². The first-order valence-electron chi connectivity index (χ1n) is 7.05. The van der Waals surface area contributed by atoms with Crippen LogP contribution in [0, 0.1) is 0 Å². The number of amides is 2. The highest BCUT2D eigenvalue weighted by atomic mass is 16.7. The Morgan fingerprint density at radius 3 is 2.80 bits per heavy atom. The summed E-state index contributed by atoms with van der Waals surface area (Å²) in [5.41, 5.74) is 2.49. The zero-order chi connectivity index (χ0) is 13.9. The fraction of sp³-hybridized carbons (Fsp3) is 0.571. The van der Waals surface area contributed by atoms with E-state index in [-0.39, 0.29) is 23.7 Å². The van der Waals surface area contributed by atoms with Crippen molar-refractivity contribution in [3.63, 3.8) is 0 Å². The van der Waals surface area contributed by atoms with Gasteiger partial charge in [0.1, 0.15) is 6.04 Å². The zero-order valence-electron chi connectivity index (χ0n) is 11.2. The van der Waals surface area contributed by atoms with E-state index in [4.69, 9.17) is 9.25 Å². The minimum Gasteiger partial charge on any atom is -0.459 e. The lowest BCUT2D eigenvalue weighted by Gasteiger charge is -2.27. The van der Waals surface area contributed by atoms with Crippen LogP contribution in [-0.2, 0) is 9.63 Å². The number of hydroxylamine groups is 1. The van der Waals surface area contributed by atoms with Gasteiger partial charge >= 0.3 is 0 Å². The summed E-state index contributed by atoms with van der Waals surface area (Å²) in [5.74, 6) is -0.213. The van der Waals surface area contributed by atoms with E-state index in [9.17, 15) is 9.59 Å². The predicted octanol–water partition coefficient (Wildman–Crippen LogP) is 1.48. The molecule has 0 bridgehead atoms. The number of hydrogen-bond acceptors (Lipinski definition) is 4. The molecule has 0 spiro atoms. The topological polar surface area (TPSA) is 71.8 Å².